The zero-order valence-electron chi connectivity index (χ0n) is 75.4. The summed E-state index contributed by atoms with van der Waals surface area (Å²) in [6.45, 7) is 34.0. The highest BCUT2D eigenvalue weighted by Crippen LogP contribution is 2.57. The summed E-state index contributed by atoms with van der Waals surface area (Å²) >= 11 is 0. The van der Waals surface area contributed by atoms with E-state index in [1.54, 1.807) is 0 Å². The zero-order valence-corrected chi connectivity index (χ0v) is 75.4. The van der Waals surface area contributed by atoms with Gasteiger partial charge in [-0.25, -0.2) is 52.3 Å². The number of pyridine rings is 2. The normalized spacial score (nSPS) is 16.2. The lowest BCUT2D eigenvalue weighted by atomic mass is 9.65. The molecule has 20 heterocycles. The van der Waals surface area contributed by atoms with Gasteiger partial charge in [0.05, 0.1) is 148 Å². The highest BCUT2D eigenvalue weighted by atomic mass is 15.4. The monoisotopic (exact) mass is 1660 g/mol. The minimum atomic E-state index is -0.272. The van der Waals surface area contributed by atoms with E-state index < -0.39 is 0 Å². The average Bonchev–Trinajstić information content (AvgIpc) is 1.45. The van der Waals surface area contributed by atoms with Gasteiger partial charge in [0.1, 0.15) is 38.4 Å². The summed E-state index contributed by atoms with van der Waals surface area (Å²) in [6.07, 6.45) is 33.0. The summed E-state index contributed by atoms with van der Waals surface area (Å²) < 4.78 is 39.4. The lowest BCUT2D eigenvalue weighted by molar-refractivity contribution is -0.664. The first-order chi connectivity index (χ1) is 60.5. The van der Waals surface area contributed by atoms with Gasteiger partial charge in [-0.3, -0.25) is 44.8 Å². The van der Waals surface area contributed by atoms with E-state index in [4.69, 9.17) is 9.97 Å². The first kappa shape index (κ1) is 75.6. The standard InChI is InChI=1S/C28H29N4.C21H20N5.C19H19N4.C18H18N5.C17H18N5/c1-18-11-12-22-25-23(18)24-19(8-7-17-30(24)4)28(15-13-27(2,3)14-16-28)32(25)26-29-20-9-5-6-10-21(20)31(22)26;1-13-9-10-16-18-17(13)19-23(4)14-7-5-6-8-15(14)25(19)21(2,3)26(18)20-22-11-12-24(16)20;1-12-7-8-14-17-15(12)16-13(6-5-10-21(16)4)19(2,3)23(17)18-20-9-11-22(14)18;1-11-5-6-13-16-14(11)15-12(9-19-10-21(15)4)18(2,3)23(16)17-20-7-8-22(13)17;1-11-5-6-12-14-13(11)15-19(4)9-10-21(15)17(2,3)22(14)16-18-7-8-20(12)16/h5-12,17H,13-16H2,1-4H3;5-12H,1-4H3;5-11H,1-4H3;5-10H,1-4H3;5-10H,1-4H3/q5*+1. The minimum absolute atomic E-state index is 0.0605. The summed E-state index contributed by atoms with van der Waals surface area (Å²) in [5.74, 6) is 7.57. The van der Waals surface area contributed by atoms with Gasteiger partial charge in [-0.1, -0.05) is 73.4 Å². The van der Waals surface area contributed by atoms with Crippen LogP contribution in [0.5, 0.6) is 0 Å². The molecule has 28 rings (SSSR count). The Balaban J connectivity index is 0.0000000887. The second-order valence-electron chi connectivity index (χ2n) is 39.1. The molecule has 0 saturated heterocycles. The average molecular weight is 1660 g/mol. The van der Waals surface area contributed by atoms with Crippen molar-refractivity contribution in [2.24, 2.45) is 40.7 Å². The highest BCUT2D eigenvalue weighted by Gasteiger charge is 2.52. The SMILES string of the molecule is Cc1ccc2c3c1-c1c(ccc[n+]1C)C(C)(C)n3c1nccn21.Cc1ccc2c3c1-c1c(ccc[n+]1C)C1(CCC(C)(C)CC1)n3c1nc3ccccc3n21.Cc1ccc2c3c1-c1c(cnc[n+]1C)C(C)(C)n3c1nccn21.Cc1ccc2c3c1-c1n(c4ccccc4[n+]1C)C(C)(C)n3c1nccn21.Cc1ccc2c3c1-c1n(cc[n+]1C)C(C)(C)n3c1nccn21. The molecule has 15 aromatic heterocycles. The van der Waals surface area contributed by atoms with E-state index in [9.17, 15) is 0 Å². The molecule has 0 N–H and O–H groups in total. The van der Waals surface area contributed by atoms with Crippen LogP contribution in [0.1, 0.15) is 139 Å². The van der Waals surface area contributed by atoms with Crippen LogP contribution < -0.4 is 22.8 Å². The van der Waals surface area contributed by atoms with Crippen molar-refractivity contribution in [1.82, 2.24) is 83.9 Å². The predicted octanol–water partition coefficient (Wildman–Crippen LogP) is 17.7. The van der Waals surface area contributed by atoms with E-state index in [1.807, 2.05) is 49.7 Å². The van der Waals surface area contributed by atoms with Gasteiger partial charge in [0, 0.05) is 61.7 Å². The van der Waals surface area contributed by atoms with Crippen LogP contribution in [0.4, 0.5) is 0 Å². The molecule has 0 radical (unpaired) electrons. The van der Waals surface area contributed by atoms with Crippen molar-refractivity contribution in [1.29, 1.82) is 0 Å². The van der Waals surface area contributed by atoms with Gasteiger partial charge >= 0.3 is 0 Å². The number of para-hydroxylation sites is 4. The number of aryl methyl sites for hydroxylation is 10. The summed E-state index contributed by atoms with van der Waals surface area (Å²) in [6, 6.07) is 48.5. The number of hydrogen-bond acceptors (Lipinski definition) is 6. The molecule has 0 bridgehead atoms. The van der Waals surface area contributed by atoms with Crippen molar-refractivity contribution in [3.63, 3.8) is 0 Å². The van der Waals surface area contributed by atoms with E-state index in [1.165, 1.54) is 186 Å². The van der Waals surface area contributed by atoms with Crippen LogP contribution in [0, 0.1) is 40.0 Å². The largest absolute Gasteiger partial charge is 0.299 e. The predicted molar refractivity (Wildman–Crippen MR) is 495 cm³/mol. The molecule has 1 spiro atoms. The first-order valence-corrected chi connectivity index (χ1v) is 44.2. The van der Waals surface area contributed by atoms with Crippen molar-refractivity contribution < 1.29 is 22.8 Å². The maximum absolute atomic E-state index is 5.23. The Hall–Kier alpha value is -14.1. The molecule has 0 unspecified atom stereocenters. The van der Waals surface area contributed by atoms with E-state index in [-0.39, 0.29) is 27.9 Å². The van der Waals surface area contributed by atoms with Crippen molar-refractivity contribution in [2.45, 2.75) is 157 Å². The fourth-order valence-corrected chi connectivity index (χ4v) is 23.7. The van der Waals surface area contributed by atoms with Crippen LogP contribution in [0.25, 0.3) is 163 Å². The molecule has 0 atom stereocenters. The van der Waals surface area contributed by atoms with E-state index in [2.05, 4.69) is 406 Å². The minimum Gasteiger partial charge on any atom is -0.299 e. The number of aromatic nitrogens is 23. The smallest absolute Gasteiger partial charge is 0.294 e. The van der Waals surface area contributed by atoms with E-state index in [0.717, 1.165) is 47.2 Å². The Morgan fingerprint density at radius 2 is 0.762 bits per heavy atom. The maximum atomic E-state index is 5.23. The Morgan fingerprint density at radius 1 is 0.333 bits per heavy atom. The fourth-order valence-electron chi connectivity index (χ4n) is 23.7. The quantitative estimate of drug-likeness (QED) is 0.138. The summed E-state index contributed by atoms with van der Waals surface area (Å²) in [7, 11) is 10.7. The van der Waals surface area contributed by atoms with Crippen LogP contribution in [-0.4, -0.2) is 83.9 Å². The number of benzene rings is 7. The van der Waals surface area contributed by atoms with Gasteiger partial charge in [-0.15, -0.1) is 0 Å². The maximum Gasteiger partial charge on any atom is 0.294 e. The number of imidazole rings is 12. The van der Waals surface area contributed by atoms with Crippen molar-refractivity contribution >= 4 is 106 Å². The van der Waals surface area contributed by atoms with E-state index >= 15 is 0 Å². The number of rotatable bonds is 0. The second-order valence-corrected chi connectivity index (χ2v) is 39.1. The van der Waals surface area contributed by atoms with Crippen molar-refractivity contribution in [3.05, 3.63) is 265 Å². The van der Waals surface area contributed by atoms with Crippen molar-refractivity contribution in [2.75, 3.05) is 0 Å². The molecular formula is C103H104N23+5. The lowest BCUT2D eigenvalue weighted by Crippen LogP contribution is -2.46. The van der Waals surface area contributed by atoms with Gasteiger partial charge in [0.25, 0.3) is 18.0 Å². The van der Waals surface area contributed by atoms with Gasteiger partial charge in [-0.05, 0) is 216 Å². The first-order valence-electron chi connectivity index (χ1n) is 44.2. The molecule has 1 aliphatic carbocycles. The van der Waals surface area contributed by atoms with Crippen molar-refractivity contribution in [3.8, 4) is 56.5 Å². The van der Waals surface area contributed by atoms with Gasteiger partial charge in [0.15, 0.2) is 34.8 Å². The van der Waals surface area contributed by atoms with Gasteiger partial charge < -0.3 is 0 Å². The molecule has 1 saturated carbocycles. The number of fused-ring (bicyclic) bond motifs is 31. The molecule has 626 valence electrons. The summed E-state index contributed by atoms with van der Waals surface area (Å²) in [5, 5.41) is 0. The van der Waals surface area contributed by atoms with Crippen LogP contribution >= 0.6 is 0 Å². The number of nitrogens with zero attached hydrogens (tertiary/aromatic N) is 23. The Bertz CT molecular complexity index is 8350. The number of hydrogen-bond donors (Lipinski definition) is 0. The van der Waals surface area contributed by atoms with Gasteiger partial charge in [-0.2, -0.15) is 4.57 Å². The van der Waals surface area contributed by atoms with Crippen LogP contribution in [0.15, 0.2) is 220 Å². The third-order valence-corrected chi connectivity index (χ3v) is 29.9. The Labute approximate surface area is 728 Å². The molecule has 23 nitrogen and oxygen atoms in total. The molecule has 5 aliphatic heterocycles. The topological polar surface area (TPSA) is 153 Å². The molecule has 23 heteroatoms. The van der Waals surface area contributed by atoms with Crippen LogP contribution in [0.2, 0.25) is 0 Å². The van der Waals surface area contributed by atoms with Gasteiger partial charge in [0.2, 0.25) is 40.3 Å². The third-order valence-electron chi connectivity index (χ3n) is 29.9. The second kappa shape index (κ2) is 25.3. The molecule has 0 amide bonds. The molecule has 6 aliphatic rings. The lowest BCUT2D eigenvalue weighted by Gasteiger charge is -2.46. The highest BCUT2D eigenvalue weighted by molar-refractivity contribution is 6.04. The summed E-state index contributed by atoms with van der Waals surface area (Å²) in [5.41, 5.74) is 37.9. The molecule has 7 aromatic carbocycles. The molecule has 126 heavy (non-hydrogen) atoms. The Kier molecular flexibility index (Phi) is 15.2. The van der Waals surface area contributed by atoms with Crippen LogP contribution in [-0.2, 0) is 63.2 Å². The summed E-state index contributed by atoms with van der Waals surface area (Å²) in [4.78, 5) is 28.2. The van der Waals surface area contributed by atoms with Crippen LogP contribution in [0.3, 0.4) is 0 Å². The Morgan fingerprint density at radius 3 is 1.30 bits per heavy atom. The zero-order chi connectivity index (χ0) is 86.7. The molecule has 22 aromatic rings. The molecular weight excluding hydrogens is 1560 g/mol. The van der Waals surface area contributed by atoms with E-state index in [0.29, 0.717) is 5.41 Å². The fraction of sp³-hybridized carbons (Fsp3) is 0.291. The third kappa shape index (κ3) is 9.53. The molecule has 1 fully saturated rings.